The van der Waals surface area contributed by atoms with Gasteiger partial charge in [-0.3, -0.25) is 0 Å². The van der Waals surface area contributed by atoms with Crippen molar-refractivity contribution in [2.24, 2.45) is 5.41 Å². The van der Waals surface area contributed by atoms with Crippen molar-refractivity contribution in [2.75, 3.05) is 6.26 Å². The average molecular weight is 469 g/mol. The third-order valence-electron chi connectivity index (χ3n) is 6.77. The lowest BCUT2D eigenvalue weighted by Crippen LogP contribution is -2.35. The monoisotopic (exact) mass is 468 g/mol. The molecule has 0 aliphatic carbocycles. The summed E-state index contributed by atoms with van der Waals surface area (Å²) in [5.41, 5.74) is 3.44. The molecule has 2 rings (SSSR count). The second kappa shape index (κ2) is 9.88. The van der Waals surface area contributed by atoms with Gasteiger partial charge in [0.05, 0.1) is 12.4 Å². The highest BCUT2D eigenvalue weighted by molar-refractivity contribution is 8.04. The van der Waals surface area contributed by atoms with Gasteiger partial charge in [0.15, 0.2) is 0 Å². The summed E-state index contributed by atoms with van der Waals surface area (Å²) in [6.07, 6.45) is 5.56. The highest BCUT2D eigenvalue weighted by atomic mass is 32.2. The fourth-order valence-corrected chi connectivity index (χ4v) is 6.91. The molecule has 0 spiro atoms. The van der Waals surface area contributed by atoms with Crippen LogP contribution in [0.3, 0.4) is 0 Å². The molecular formula is C25H40O4S2. The van der Waals surface area contributed by atoms with Gasteiger partial charge in [-0.1, -0.05) is 52.3 Å². The van der Waals surface area contributed by atoms with Crippen molar-refractivity contribution in [3.63, 3.8) is 0 Å². The Morgan fingerprint density at radius 1 is 1.19 bits per heavy atom. The van der Waals surface area contributed by atoms with E-state index in [-0.39, 0.29) is 16.9 Å². The van der Waals surface area contributed by atoms with Crippen LogP contribution in [0.1, 0.15) is 84.8 Å². The molecule has 31 heavy (non-hydrogen) atoms. The first-order chi connectivity index (χ1) is 14.2. The Kier molecular flexibility index (Phi) is 8.37. The number of rotatable bonds is 9. The molecule has 0 amide bonds. The zero-order valence-electron chi connectivity index (χ0n) is 20.4. The van der Waals surface area contributed by atoms with Gasteiger partial charge in [-0.15, -0.1) is 11.8 Å². The molecule has 1 aromatic carbocycles. The lowest BCUT2D eigenvalue weighted by molar-refractivity contribution is 0.0564. The molecule has 1 aliphatic rings. The second-order valence-electron chi connectivity index (χ2n) is 10.1. The number of benzene rings is 1. The minimum Gasteiger partial charge on any atom is -0.393 e. The maximum atomic E-state index is 11.6. The summed E-state index contributed by atoms with van der Waals surface area (Å²) < 4.78 is 28.2. The SMILES string of the molecule is CCC(CC)(c1ccc(OS(C)(=O)=O)c(C)c1)C1CC(C)=C(CCC(O)C(C)(C)C)S1. The molecule has 1 heterocycles. The van der Waals surface area contributed by atoms with E-state index >= 15 is 0 Å². The van der Waals surface area contributed by atoms with Crippen molar-refractivity contribution in [2.45, 2.75) is 97.3 Å². The van der Waals surface area contributed by atoms with Crippen LogP contribution in [-0.4, -0.2) is 31.1 Å². The Hall–Kier alpha value is -0.980. The predicted octanol–water partition coefficient (Wildman–Crippen LogP) is 6.36. The molecule has 0 saturated carbocycles. The molecule has 0 aromatic heterocycles. The molecule has 2 atom stereocenters. The first kappa shape index (κ1) is 26.3. The van der Waals surface area contributed by atoms with E-state index in [1.54, 1.807) is 6.07 Å². The molecule has 176 valence electrons. The Morgan fingerprint density at radius 3 is 2.29 bits per heavy atom. The van der Waals surface area contributed by atoms with Crippen molar-refractivity contribution in [1.29, 1.82) is 0 Å². The molecular weight excluding hydrogens is 428 g/mol. The van der Waals surface area contributed by atoms with E-state index in [9.17, 15) is 13.5 Å². The van der Waals surface area contributed by atoms with Crippen LogP contribution in [0.2, 0.25) is 0 Å². The van der Waals surface area contributed by atoms with Gasteiger partial charge in [-0.25, -0.2) is 0 Å². The standard InChI is InChI=1S/C25H40O4S2/c1-9-25(10-2,19-11-12-20(17(3)15-19)29-31(8,27)28)23-16-18(4)21(30-23)13-14-22(26)24(5,6)7/h11-12,15,22-23,26H,9-10,13-14,16H2,1-8H3. The maximum absolute atomic E-state index is 11.6. The highest BCUT2D eigenvalue weighted by Crippen LogP contribution is 2.52. The topological polar surface area (TPSA) is 63.6 Å². The van der Waals surface area contributed by atoms with Crippen molar-refractivity contribution >= 4 is 21.9 Å². The Bertz CT molecular complexity index is 906. The van der Waals surface area contributed by atoms with Crippen LogP contribution in [0.4, 0.5) is 0 Å². The molecule has 1 aromatic rings. The van der Waals surface area contributed by atoms with Crippen LogP contribution < -0.4 is 4.18 Å². The highest BCUT2D eigenvalue weighted by Gasteiger charge is 2.41. The van der Waals surface area contributed by atoms with E-state index in [0.29, 0.717) is 11.0 Å². The van der Waals surface area contributed by atoms with Gasteiger partial charge in [0, 0.05) is 10.7 Å². The van der Waals surface area contributed by atoms with Crippen molar-refractivity contribution < 1.29 is 17.7 Å². The molecule has 0 radical (unpaired) electrons. The third kappa shape index (κ3) is 6.29. The van der Waals surface area contributed by atoms with E-state index in [2.05, 4.69) is 47.6 Å². The largest absolute Gasteiger partial charge is 0.393 e. The van der Waals surface area contributed by atoms with Crippen molar-refractivity contribution in [1.82, 2.24) is 0 Å². The van der Waals surface area contributed by atoms with Crippen LogP contribution in [0, 0.1) is 12.3 Å². The summed E-state index contributed by atoms with van der Waals surface area (Å²) in [5, 5.41) is 10.9. The van der Waals surface area contributed by atoms with Gasteiger partial charge in [0.1, 0.15) is 5.75 Å². The lowest BCUT2D eigenvalue weighted by Gasteiger charge is -2.38. The minimum atomic E-state index is -3.54. The van der Waals surface area contributed by atoms with E-state index < -0.39 is 10.1 Å². The number of aryl methyl sites for hydroxylation is 1. The van der Waals surface area contributed by atoms with Crippen LogP contribution in [0.25, 0.3) is 0 Å². The number of aliphatic hydroxyl groups is 1. The smallest absolute Gasteiger partial charge is 0.306 e. The first-order valence-corrected chi connectivity index (χ1v) is 14.0. The molecule has 1 N–H and O–H groups in total. The van der Waals surface area contributed by atoms with Crippen LogP contribution in [-0.2, 0) is 15.5 Å². The van der Waals surface area contributed by atoms with Crippen LogP contribution in [0.15, 0.2) is 28.7 Å². The van der Waals surface area contributed by atoms with Crippen molar-refractivity contribution in [3.05, 3.63) is 39.8 Å². The predicted molar refractivity (Wildman–Crippen MR) is 132 cm³/mol. The van der Waals surface area contributed by atoms with Gasteiger partial charge in [0.2, 0.25) is 0 Å². The fraction of sp³-hybridized carbons (Fsp3) is 0.680. The Labute approximate surface area is 194 Å². The van der Waals surface area contributed by atoms with Gasteiger partial charge in [0.25, 0.3) is 0 Å². The fourth-order valence-electron chi connectivity index (χ4n) is 4.50. The summed E-state index contributed by atoms with van der Waals surface area (Å²) in [4.78, 5) is 1.42. The van der Waals surface area contributed by atoms with E-state index in [4.69, 9.17) is 4.18 Å². The zero-order chi connectivity index (χ0) is 23.6. The number of aliphatic hydroxyl groups excluding tert-OH is 1. The van der Waals surface area contributed by atoms with Gasteiger partial charge in [-0.05, 0) is 73.5 Å². The van der Waals surface area contributed by atoms with Gasteiger partial charge < -0.3 is 9.29 Å². The number of thioether (sulfide) groups is 1. The second-order valence-corrected chi connectivity index (χ2v) is 12.9. The summed E-state index contributed by atoms with van der Waals surface area (Å²) in [6.45, 7) is 14.9. The van der Waals surface area contributed by atoms with Gasteiger partial charge >= 0.3 is 10.1 Å². The number of allylic oxidation sites excluding steroid dienone is 2. The molecule has 0 saturated heterocycles. The molecule has 1 aliphatic heterocycles. The lowest BCUT2D eigenvalue weighted by atomic mass is 9.71. The summed E-state index contributed by atoms with van der Waals surface area (Å²) in [6, 6.07) is 5.94. The normalized spacial score (nSPS) is 19.1. The Balaban J connectivity index is 2.25. The molecule has 6 heteroatoms. The minimum absolute atomic E-state index is 0.00466. The summed E-state index contributed by atoms with van der Waals surface area (Å²) in [7, 11) is -3.54. The molecule has 2 unspecified atom stereocenters. The number of hydrogen-bond donors (Lipinski definition) is 1. The average Bonchev–Trinajstić information content (AvgIpc) is 3.02. The third-order valence-corrected chi connectivity index (χ3v) is 8.99. The first-order valence-electron chi connectivity index (χ1n) is 11.3. The molecule has 0 fully saturated rings. The zero-order valence-corrected chi connectivity index (χ0v) is 22.0. The quantitative estimate of drug-likeness (QED) is 0.427. The van der Waals surface area contributed by atoms with Crippen molar-refractivity contribution in [3.8, 4) is 5.75 Å². The van der Waals surface area contributed by atoms with Crippen LogP contribution in [0.5, 0.6) is 5.75 Å². The number of hydrogen-bond acceptors (Lipinski definition) is 5. The van der Waals surface area contributed by atoms with Crippen LogP contribution >= 0.6 is 11.8 Å². The summed E-state index contributed by atoms with van der Waals surface area (Å²) in [5.74, 6) is 0.401. The summed E-state index contributed by atoms with van der Waals surface area (Å²) >= 11 is 1.98. The molecule has 4 nitrogen and oxygen atoms in total. The maximum Gasteiger partial charge on any atom is 0.306 e. The van der Waals surface area contributed by atoms with E-state index in [1.807, 2.05) is 24.8 Å². The van der Waals surface area contributed by atoms with Gasteiger partial charge in [-0.2, -0.15) is 8.42 Å². The van der Waals surface area contributed by atoms with E-state index in [1.165, 1.54) is 16.0 Å². The Morgan fingerprint density at radius 2 is 1.81 bits per heavy atom. The van der Waals surface area contributed by atoms with E-state index in [0.717, 1.165) is 43.9 Å². The molecule has 0 bridgehead atoms.